The zero-order chi connectivity index (χ0) is 19.9. The highest BCUT2D eigenvalue weighted by atomic mass is 32.1. The maximum Gasteiger partial charge on any atom is 0.222 e. The van der Waals surface area contributed by atoms with E-state index in [0.29, 0.717) is 23.1 Å². The molecule has 0 saturated carbocycles. The van der Waals surface area contributed by atoms with Crippen LogP contribution in [0, 0.1) is 5.82 Å². The van der Waals surface area contributed by atoms with Crippen molar-refractivity contribution in [2.75, 3.05) is 19.0 Å². The van der Waals surface area contributed by atoms with Crippen LogP contribution in [0.1, 0.15) is 18.7 Å². The van der Waals surface area contributed by atoms with Crippen molar-refractivity contribution < 1.29 is 23.7 Å². The smallest absolute Gasteiger partial charge is 0.222 e. The summed E-state index contributed by atoms with van der Waals surface area (Å²) in [5, 5.41) is 15.8. The molecule has 2 heterocycles. The summed E-state index contributed by atoms with van der Waals surface area (Å²) >= 11 is 1.36. The van der Waals surface area contributed by atoms with Crippen LogP contribution in [-0.2, 0) is 4.74 Å². The largest absolute Gasteiger partial charge is 0.472 e. The van der Waals surface area contributed by atoms with Gasteiger partial charge in [0.15, 0.2) is 11.4 Å². The van der Waals surface area contributed by atoms with E-state index in [4.69, 9.17) is 14.2 Å². The van der Waals surface area contributed by atoms with E-state index < -0.39 is 6.23 Å². The molecule has 2 N–H and O–H groups in total. The highest BCUT2D eigenvalue weighted by molar-refractivity contribution is 7.13. The lowest BCUT2D eigenvalue weighted by Crippen LogP contribution is -2.19. The van der Waals surface area contributed by atoms with E-state index in [1.54, 1.807) is 30.8 Å². The second-order valence-corrected chi connectivity index (χ2v) is 6.80. The van der Waals surface area contributed by atoms with E-state index in [0.717, 1.165) is 0 Å². The maximum atomic E-state index is 13.1. The molecule has 0 saturated heterocycles. The molecule has 2 aromatic heterocycles. The highest BCUT2D eigenvalue weighted by Crippen LogP contribution is 2.28. The van der Waals surface area contributed by atoms with Gasteiger partial charge in [0, 0.05) is 36.4 Å². The molecular formula is C19H20FN3O4S. The lowest BCUT2D eigenvalue weighted by Gasteiger charge is -2.17. The fourth-order valence-electron chi connectivity index (χ4n) is 2.36. The number of nitrogens with zero attached hydrogens (tertiary/aromatic N) is 2. The van der Waals surface area contributed by atoms with Gasteiger partial charge >= 0.3 is 0 Å². The Hall–Kier alpha value is -2.75. The summed E-state index contributed by atoms with van der Waals surface area (Å²) in [6.45, 7) is 2.21. The van der Waals surface area contributed by atoms with Crippen LogP contribution in [0.2, 0.25) is 0 Å². The first-order chi connectivity index (χ1) is 13.5. The number of halogens is 1. The fraction of sp³-hybridized carbons (Fsp3) is 0.263. The van der Waals surface area contributed by atoms with Gasteiger partial charge in [0.1, 0.15) is 17.7 Å². The van der Waals surface area contributed by atoms with E-state index >= 15 is 0 Å². The molecule has 3 rings (SSSR count). The Balaban J connectivity index is 1.85. The van der Waals surface area contributed by atoms with Gasteiger partial charge in [0.05, 0.1) is 6.61 Å². The number of aliphatic hydroxyl groups excluding tert-OH is 1. The molecule has 0 spiro atoms. The number of pyridine rings is 1. The second kappa shape index (κ2) is 9.45. The molecule has 148 valence electrons. The van der Waals surface area contributed by atoms with Crippen molar-refractivity contribution in [1.29, 1.82) is 0 Å². The number of rotatable bonds is 9. The van der Waals surface area contributed by atoms with Gasteiger partial charge in [-0.25, -0.2) is 9.37 Å². The van der Waals surface area contributed by atoms with E-state index in [1.807, 2.05) is 6.92 Å². The maximum absolute atomic E-state index is 13.1. The lowest BCUT2D eigenvalue weighted by atomic mass is 10.2. The van der Waals surface area contributed by atoms with E-state index in [2.05, 4.69) is 15.3 Å². The summed E-state index contributed by atoms with van der Waals surface area (Å²) in [6, 6.07) is 8.73. The lowest BCUT2D eigenvalue weighted by molar-refractivity contribution is 0.0882. The molecule has 2 atom stereocenters. The summed E-state index contributed by atoms with van der Waals surface area (Å²) in [6.07, 6.45) is 0.330. The minimum Gasteiger partial charge on any atom is -0.472 e. The van der Waals surface area contributed by atoms with Crippen LogP contribution in [0.5, 0.6) is 17.5 Å². The molecule has 7 nitrogen and oxygen atoms in total. The molecule has 0 aliphatic heterocycles. The highest BCUT2D eigenvalue weighted by Gasteiger charge is 2.15. The average molecular weight is 405 g/mol. The van der Waals surface area contributed by atoms with Crippen molar-refractivity contribution in [2.24, 2.45) is 0 Å². The van der Waals surface area contributed by atoms with Crippen molar-refractivity contribution in [3.63, 3.8) is 0 Å². The predicted octanol–water partition coefficient (Wildman–Crippen LogP) is 3.99. The summed E-state index contributed by atoms with van der Waals surface area (Å²) in [7, 11) is 1.58. The van der Waals surface area contributed by atoms with Crippen LogP contribution in [0.25, 0.3) is 0 Å². The number of nitrogens with one attached hydrogen (secondary N) is 1. The monoisotopic (exact) mass is 405 g/mol. The zero-order valence-electron chi connectivity index (χ0n) is 15.3. The molecular weight excluding hydrogens is 385 g/mol. The third kappa shape index (κ3) is 5.62. The molecule has 0 aliphatic carbocycles. The molecule has 1 aromatic carbocycles. The van der Waals surface area contributed by atoms with Crippen molar-refractivity contribution in [1.82, 2.24) is 9.97 Å². The topological polar surface area (TPSA) is 85.7 Å². The Labute approximate surface area is 165 Å². The molecule has 3 aromatic rings. The number of ether oxygens (including phenoxy) is 3. The second-order valence-electron chi connectivity index (χ2n) is 5.90. The van der Waals surface area contributed by atoms with Gasteiger partial charge in [-0.2, -0.15) is 4.98 Å². The Bertz CT molecular complexity index is 877. The normalized spacial score (nSPS) is 13.0. The molecule has 0 radical (unpaired) electrons. The van der Waals surface area contributed by atoms with Crippen molar-refractivity contribution in [3.05, 3.63) is 59.4 Å². The van der Waals surface area contributed by atoms with E-state index in [1.165, 1.54) is 35.6 Å². The number of hydrogen-bond acceptors (Lipinski definition) is 8. The molecule has 0 aliphatic rings. The number of methoxy groups -OCH3 is 1. The molecule has 0 fully saturated rings. The molecule has 0 bridgehead atoms. The third-order valence-electron chi connectivity index (χ3n) is 3.57. The Morgan fingerprint density at radius 3 is 2.64 bits per heavy atom. The first kappa shape index (κ1) is 20.0. The number of hydrogen-bond donors (Lipinski definition) is 2. The van der Waals surface area contributed by atoms with Crippen LogP contribution < -0.4 is 14.8 Å². The van der Waals surface area contributed by atoms with Crippen LogP contribution in [0.15, 0.2) is 48.0 Å². The standard InChI is InChI=1S/C19H20FN3O4S/c1-12(11-25-2)26-16-9-13(18(24)23-19-21-7-8-28-19)10-17(22-16)27-15-5-3-14(20)4-6-15/h3-10,12,18,24H,11H2,1-2H3,(H,21,23). The molecule has 2 unspecified atom stereocenters. The van der Waals surface area contributed by atoms with Gasteiger partial charge in [-0.3, -0.25) is 0 Å². The van der Waals surface area contributed by atoms with Crippen LogP contribution in [0.3, 0.4) is 0 Å². The van der Waals surface area contributed by atoms with Crippen LogP contribution in [0.4, 0.5) is 9.52 Å². The van der Waals surface area contributed by atoms with Gasteiger partial charge in [-0.15, -0.1) is 11.3 Å². The molecule has 28 heavy (non-hydrogen) atoms. The average Bonchev–Trinajstić information content (AvgIpc) is 3.16. The van der Waals surface area contributed by atoms with E-state index in [9.17, 15) is 9.50 Å². The zero-order valence-corrected chi connectivity index (χ0v) is 16.1. The SMILES string of the molecule is COCC(C)Oc1cc(C(O)Nc2nccs2)cc(Oc2ccc(F)cc2)n1. The van der Waals surface area contributed by atoms with Crippen molar-refractivity contribution >= 4 is 16.5 Å². The van der Waals surface area contributed by atoms with Gasteiger partial charge in [0.2, 0.25) is 11.8 Å². The third-order valence-corrected chi connectivity index (χ3v) is 4.27. The molecule has 0 amide bonds. The van der Waals surface area contributed by atoms with Crippen LogP contribution in [-0.4, -0.2) is 34.9 Å². The van der Waals surface area contributed by atoms with Gasteiger partial charge < -0.3 is 24.6 Å². The summed E-state index contributed by atoms with van der Waals surface area (Å²) < 4.78 is 29.6. The predicted molar refractivity (Wildman–Crippen MR) is 103 cm³/mol. The van der Waals surface area contributed by atoms with Gasteiger partial charge in [0.25, 0.3) is 0 Å². The number of aromatic nitrogens is 2. The van der Waals surface area contributed by atoms with Crippen molar-refractivity contribution in [3.8, 4) is 17.5 Å². The first-order valence-electron chi connectivity index (χ1n) is 8.48. The number of aliphatic hydroxyl groups is 1. The summed E-state index contributed by atoms with van der Waals surface area (Å²) in [4.78, 5) is 8.40. The van der Waals surface area contributed by atoms with Gasteiger partial charge in [-0.1, -0.05) is 0 Å². The van der Waals surface area contributed by atoms with Crippen LogP contribution >= 0.6 is 11.3 Å². The fourth-order valence-corrected chi connectivity index (χ4v) is 2.92. The number of benzene rings is 1. The molecule has 9 heteroatoms. The Morgan fingerprint density at radius 2 is 1.96 bits per heavy atom. The number of thiazole rings is 1. The van der Waals surface area contributed by atoms with E-state index in [-0.39, 0.29) is 23.7 Å². The Kier molecular flexibility index (Phi) is 6.75. The Morgan fingerprint density at radius 1 is 1.21 bits per heavy atom. The van der Waals surface area contributed by atoms with Crippen molar-refractivity contribution in [2.45, 2.75) is 19.3 Å². The number of anilines is 1. The summed E-state index contributed by atoms with van der Waals surface area (Å²) in [5.41, 5.74) is 0.474. The summed E-state index contributed by atoms with van der Waals surface area (Å²) in [5.74, 6) is 0.502. The minimum atomic E-state index is -1.05. The van der Waals surface area contributed by atoms with Gasteiger partial charge in [-0.05, 0) is 31.2 Å². The first-order valence-corrected chi connectivity index (χ1v) is 9.36. The minimum absolute atomic E-state index is 0.198. The quantitative estimate of drug-likeness (QED) is 0.521.